The standard InChI is InChI=1S/2C13H31N3.C12H30N4.C11H26N2.C9H24N4.C8H20N2.CH4/c1-2-10-15-11-7-4-8-13-16-12-6-3-5-9-14;1-2-3-4-7-11-16(13-10-15)12-8-5-6-9-14;1-2-10-16(11-7-14)12-9-15-8-5-3-4-6-13;1-2-3-4-7-10-13-11-8-5-6-9-12;1-2-7-13(8-4-11)9-6-12-5-3-10;1-2-7-10-8-5-3-4-6-9;/h15-16H,2-14H2,1H3;2-15H2,1H3;15H,2-14H2,1H3;13H,2-12H2,1H3;12H,2-11H2,1H3;10H,2-9H2,1H3;1H4. The average Bonchev–Trinajstić information content (AvgIpc) is 3.50. The normalized spacial score (nSPS) is 10.8. The summed E-state index contributed by atoms with van der Waals surface area (Å²) in [5, 5.41) is 20.5. The van der Waals surface area contributed by atoms with E-state index in [1.165, 1.54) is 226 Å². The quantitative estimate of drug-likeness (QED) is 0.0263. The van der Waals surface area contributed by atoms with Gasteiger partial charge in [0.15, 0.2) is 0 Å². The molecule has 0 rings (SSSR count). The van der Waals surface area contributed by atoms with Crippen LogP contribution in [0.25, 0.3) is 0 Å². The molecule has 0 fully saturated rings. The third-order valence-corrected chi connectivity index (χ3v) is 14.0. The van der Waals surface area contributed by atoms with Crippen molar-refractivity contribution in [2.45, 2.75) is 242 Å². The molecule has 0 spiro atoms. The van der Waals surface area contributed by atoms with Crippen molar-refractivity contribution in [3.05, 3.63) is 0 Å². The largest absolute Gasteiger partial charge is 0.330 e. The lowest BCUT2D eigenvalue weighted by Gasteiger charge is -2.21. The zero-order valence-corrected chi connectivity index (χ0v) is 58.0. The van der Waals surface area contributed by atoms with Gasteiger partial charge < -0.3 is 98.2 Å². The zero-order chi connectivity index (χ0) is 63.4. The number of unbranched alkanes of at least 4 members (excludes halogenated alkanes) is 18. The van der Waals surface area contributed by atoms with Gasteiger partial charge in [0, 0.05) is 78.5 Å². The van der Waals surface area contributed by atoms with Crippen LogP contribution in [0.3, 0.4) is 0 Å². The first-order chi connectivity index (χ1) is 41.3. The molecule has 0 aromatic carbocycles. The maximum Gasteiger partial charge on any atom is 0.0107 e. The van der Waals surface area contributed by atoms with E-state index < -0.39 is 0 Å². The molecular weight excluding hydrogens is 1060 g/mol. The Balaban J connectivity index is -0.000000172. The maximum absolute atomic E-state index is 5.63. The molecule has 24 N–H and O–H groups in total. The molecule has 0 unspecified atom stereocenters. The Hall–Kier alpha value is -0.720. The minimum absolute atomic E-state index is 0. The summed E-state index contributed by atoms with van der Waals surface area (Å²) in [4.78, 5) is 7.31. The van der Waals surface area contributed by atoms with Gasteiger partial charge in [-0.15, -0.1) is 0 Å². The van der Waals surface area contributed by atoms with Gasteiger partial charge in [-0.1, -0.05) is 126 Å². The van der Waals surface area contributed by atoms with Crippen molar-refractivity contribution in [1.29, 1.82) is 0 Å². The number of rotatable bonds is 63. The van der Waals surface area contributed by atoms with Gasteiger partial charge in [0.2, 0.25) is 0 Å². The topological polar surface area (TPSA) is 316 Å². The van der Waals surface area contributed by atoms with Crippen molar-refractivity contribution in [3.63, 3.8) is 0 Å². The number of nitrogens with two attached hydrogens (primary N) is 9. The van der Waals surface area contributed by atoms with Crippen molar-refractivity contribution in [3.8, 4) is 0 Å². The third-order valence-electron chi connectivity index (χ3n) is 14.0. The van der Waals surface area contributed by atoms with Crippen LogP contribution in [0.1, 0.15) is 242 Å². The van der Waals surface area contributed by atoms with Crippen LogP contribution in [0.2, 0.25) is 0 Å². The first kappa shape index (κ1) is 97.9. The van der Waals surface area contributed by atoms with Crippen LogP contribution >= 0.6 is 0 Å². The summed E-state index contributed by atoms with van der Waals surface area (Å²) < 4.78 is 0. The first-order valence-corrected chi connectivity index (χ1v) is 36.0. The molecule has 18 nitrogen and oxygen atoms in total. The van der Waals surface area contributed by atoms with Crippen molar-refractivity contribution in [2.75, 3.05) is 196 Å². The van der Waals surface area contributed by atoms with Gasteiger partial charge in [0.25, 0.3) is 0 Å². The molecule has 0 aliphatic rings. The van der Waals surface area contributed by atoms with Crippen molar-refractivity contribution < 1.29 is 0 Å². The summed E-state index contributed by atoms with van der Waals surface area (Å²) in [7, 11) is 0. The number of nitrogens with zero attached hydrogens (tertiary/aromatic N) is 3. The van der Waals surface area contributed by atoms with Crippen molar-refractivity contribution in [1.82, 2.24) is 46.6 Å². The molecule has 0 atom stereocenters. The highest BCUT2D eigenvalue weighted by Crippen LogP contribution is 2.04. The minimum Gasteiger partial charge on any atom is -0.330 e. The fourth-order valence-corrected chi connectivity index (χ4v) is 8.92. The van der Waals surface area contributed by atoms with E-state index in [0.29, 0.717) is 6.54 Å². The Bertz CT molecular complexity index is 942. The maximum atomic E-state index is 5.63. The second kappa shape index (κ2) is 102. The first-order valence-electron chi connectivity index (χ1n) is 36.0. The Morgan fingerprint density at radius 1 is 0.176 bits per heavy atom. The van der Waals surface area contributed by atoms with Crippen LogP contribution in [0.15, 0.2) is 0 Å². The Kier molecular flexibility index (Phi) is 118. The molecule has 0 heterocycles. The molecule has 0 saturated carbocycles. The molecule has 85 heavy (non-hydrogen) atoms. The van der Waals surface area contributed by atoms with Crippen LogP contribution in [0, 0.1) is 0 Å². The molecule has 524 valence electrons. The van der Waals surface area contributed by atoms with Gasteiger partial charge in [-0.25, -0.2) is 0 Å². The number of nitrogens with one attached hydrogen (secondary N) is 6. The van der Waals surface area contributed by atoms with Gasteiger partial charge in [-0.3, -0.25) is 0 Å². The minimum atomic E-state index is 0. The SMILES string of the molecule is C.CCCCCCN(CCN)CCCCCN.CCCCCCNCCCCCN.CCCN(CCN)CCNCCCCCN.CCCN(CCN)CCNCCN.CCCNCCCCCN.CCCNCCCCCNCCCCCN. The van der Waals surface area contributed by atoms with Gasteiger partial charge in [-0.05, 0) is 233 Å². The molecular formula is C67H166N18. The Morgan fingerprint density at radius 2 is 0.424 bits per heavy atom. The highest BCUT2D eigenvalue weighted by molar-refractivity contribution is 4.63. The zero-order valence-electron chi connectivity index (χ0n) is 58.0. The summed E-state index contributed by atoms with van der Waals surface area (Å²) in [5.74, 6) is 0. The molecule has 0 aromatic rings. The van der Waals surface area contributed by atoms with E-state index >= 15 is 0 Å². The van der Waals surface area contributed by atoms with Crippen molar-refractivity contribution >= 4 is 0 Å². The fraction of sp³-hybridized carbons (Fsp3) is 1.00. The lowest BCUT2D eigenvalue weighted by atomic mass is 10.2. The van der Waals surface area contributed by atoms with Gasteiger partial charge in [-0.2, -0.15) is 0 Å². The lowest BCUT2D eigenvalue weighted by Crippen LogP contribution is -2.37. The third kappa shape index (κ3) is 108. The predicted octanol–water partition coefficient (Wildman–Crippen LogP) is 7.45. The fourth-order valence-electron chi connectivity index (χ4n) is 8.92. The lowest BCUT2D eigenvalue weighted by molar-refractivity contribution is 0.268. The van der Waals surface area contributed by atoms with E-state index in [4.69, 9.17) is 51.6 Å². The second-order valence-corrected chi connectivity index (χ2v) is 22.6. The molecule has 0 aliphatic carbocycles. The number of hydrogen-bond donors (Lipinski definition) is 15. The summed E-state index contributed by atoms with van der Waals surface area (Å²) in [6.45, 7) is 43.9. The van der Waals surface area contributed by atoms with E-state index in [0.717, 1.165) is 157 Å². The molecule has 0 bridgehead atoms. The molecule has 0 amide bonds. The summed E-state index contributed by atoms with van der Waals surface area (Å²) in [6, 6.07) is 0. The predicted molar refractivity (Wildman–Crippen MR) is 387 cm³/mol. The van der Waals surface area contributed by atoms with E-state index in [1.807, 2.05) is 0 Å². The highest BCUT2D eigenvalue weighted by atomic mass is 15.1. The number of hydrogen-bond acceptors (Lipinski definition) is 18. The van der Waals surface area contributed by atoms with Crippen LogP contribution in [0.4, 0.5) is 0 Å². The van der Waals surface area contributed by atoms with E-state index in [9.17, 15) is 0 Å². The molecule has 0 saturated heterocycles. The summed E-state index contributed by atoms with van der Waals surface area (Å²) in [6.07, 6.45) is 38.1. The van der Waals surface area contributed by atoms with Gasteiger partial charge in [0.05, 0.1) is 0 Å². The van der Waals surface area contributed by atoms with E-state index in [1.54, 1.807) is 0 Å². The molecule has 0 aliphatic heterocycles. The van der Waals surface area contributed by atoms with Crippen LogP contribution in [-0.4, -0.2) is 211 Å². The highest BCUT2D eigenvalue weighted by Gasteiger charge is 2.04. The smallest absolute Gasteiger partial charge is 0.0107 e. The summed E-state index contributed by atoms with van der Waals surface area (Å²) >= 11 is 0. The van der Waals surface area contributed by atoms with E-state index in [-0.39, 0.29) is 7.43 Å². The van der Waals surface area contributed by atoms with Gasteiger partial charge >= 0.3 is 0 Å². The second-order valence-electron chi connectivity index (χ2n) is 22.6. The van der Waals surface area contributed by atoms with E-state index in [2.05, 4.69) is 88.1 Å². The van der Waals surface area contributed by atoms with Crippen molar-refractivity contribution in [2.24, 2.45) is 51.6 Å². The van der Waals surface area contributed by atoms with Gasteiger partial charge in [0.1, 0.15) is 0 Å². The molecule has 18 heteroatoms. The van der Waals surface area contributed by atoms with Crippen LogP contribution < -0.4 is 83.5 Å². The Labute approximate surface area is 533 Å². The van der Waals surface area contributed by atoms with Crippen LogP contribution in [0.5, 0.6) is 0 Å². The summed E-state index contributed by atoms with van der Waals surface area (Å²) in [5.41, 5.74) is 49.2. The monoisotopic (exact) mass is 1220 g/mol. The van der Waals surface area contributed by atoms with Crippen LogP contribution in [-0.2, 0) is 0 Å². The Morgan fingerprint density at radius 3 is 0.694 bits per heavy atom. The average molecular weight is 1220 g/mol. The molecule has 0 aromatic heterocycles. The molecule has 0 radical (unpaired) electrons.